The number of likely N-dealkylation sites (tertiary alicyclic amines) is 1. The van der Waals surface area contributed by atoms with Gasteiger partial charge >= 0.3 is 5.97 Å². The minimum Gasteiger partial charge on any atom is -0.478 e. The number of aryl methyl sites for hydroxylation is 1. The third-order valence-electron chi connectivity index (χ3n) is 3.89. The average molecular weight is 326 g/mol. The van der Waals surface area contributed by atoms with E-state index in [1.165, 1.54) is 24.6 Å². The zero-order valence-corrected chi connectivity index (χ0v) is 13.5. The topological polar surface area (TPSA) is 86.7 Å². The van der Waals surface area contributed by atoms with Gasteiger partial charge in [-0.05, 0) is 50.6 Å². The fourth-order valence-electron chi connectivity index (χ4n) is 2.62. The Kier molecular flexibility index (Phi) is 5.55. The summed E-state index contributed by atoms with van der Waals surface area (Å²) < 4.78 is 27.3. The minimum absolute atomic E-state index is 0.0259. The van der Waals surface area contributed by atoms with Gasteiger partial charge in [-0.15, -0.1) is 0 Å². The molecule has 2 rings (SSSR count). The van der Waals surface area contributed by atoms with Gasteiger partial charge < -0.3 is 10.0 Å². The van der Waals surface area contributed by atoms with Crippen molar-refractivity contribution >= 4 is 16.0 Å². The van der Waals surface area contributed by atoms with E-state index in [9.17, 15) is 13.2 Å². The molecule has 1 aliphatic rings. The summed E-state index contributed by atoms with van der Waals surface area (Å²) in [6.45, 7) is 4.69. The lowest BCUT2D eigenvalue weighted by Crippen LogP contribution is -2.37. The number of rotatable bonds is 6. The molecule has 1 aliphatic heterocycles. The molecule has 0 amide bonds. The molecule has 7 heteroatoms. The van der Waals surface area contributed by atoms with E-state index in [1.54, 1.807) is 6.92 Å². The summed E-state index contributed by atoms with van der Waals surface area (Å²) in [7, 11) is -3.69. The highest BCUT2D eigenvalue weighted by atomic mass is 32.2. The Morgan fingerprint density at radius 2 is 1.95 bits per heavy atom. The summed E-state index contributed by atoms with van der Waals surface area (Å²) in [6, 6.07) is 4.13. The molecular weight excluding hydrogens is 304 g/mol. The van der Waals surface area contributed by atoms with Gasteiger partial charge in [-0.1, -0.05) is 12.5 Å². The highest BCUT2D eigenvalue weighted by Crippen LogP contribution is 2.17. The molecule has 2 N–H and O–H groups in total. The van der Waals surface area contributed by atoms with Crippen LogP contribution in [0, 0.1) is 6.92 Å². The SMILES string of the molecule is Cc1ccc(C(=O)O)cc1S(=O)(=O)NCCN1CCCCC1. The van der Waals surface area contributed by atoms with Gasteiger partial charge in [0.1, 0.15) is 0 Å². The molecule has 22 heavy (non-hydrogen) atoms. The first-order chi connectivity index (χ1) is 10.4. The molecule has 6 nitrogen and oxygen atoms in total. The molecule has 0 spiro atoms. The number of sulfonamides is 1. The third kappa shape index (κ3) is 4.28. The molecule has 0 aromatic heterocycles. The smallest absolute Gasteiger partial charge is 0.335 e. The van der Waals surface area contributed by atoms with Crippen molar-refractivity contribution in [2.75, 3.05) is 26.2 Å². The van der Waals surface area contributed by atoms with Crippen LogP contribution in [0.3, 0.4) is 0 Å². The van der Waals surface area contributed by atoms with Crippen LogP contribution in [0.5, 0.6) is 0 Å². The normalized spacial score (nSPS) is 16.6. The second-order valence-electron chi connectivity index (χ2n) is 5.59. The number of aromatic carboxylic acids is 1. The van der Waals surface area contributed by atoms with Crippen molar-refractivity contribution in [3.8, 4) is 0 Å². The Hall–Kier alpha value is -1.44. The maximum absolute atomic E-state index is 12.3. The maximum atomic E-state index is 12.3. The van der Waals surface area contributed by atoms with E-state index in [4.69, 9.17) is 5.11 Å². The molecule has 1 fully saturated rings. The number of carbonyl (C=O) groups is 1. The van der Waals surface area contributed by atoms with Crippen molar-refractivity contribution in [1.29, 1.82) is 0 Å². The Bertz CT molecular complexity index is 637. The quantitative estimate of drug-likeness (QED) is 0.826. The summed E-state index contributed by atoms with van der Waals surface area (Å²) in [5.41, 5.74) is 0.512. The number of hydrogen-bond acceptors (Lipinski definition) is 4. The van der Waals surface area contributed by atoms with Crippen LogP contribution in [0.25, 0.3) is 0 Å². The van der Waals surface area contributed by atoms with E-state index in [-0.39, 0.29) is 10.5 Å². The van der Waals surface area contributed by atoms with Gasteiger partial charge in [0.25, 0.3) is 0 Å². The monoisotopic (exact) mass is 326 g/mol. The van der Waals surface area contributed by atoms with Crippen molar-refractivity contribution in [1.82, 2.24) is 9.62 Å². The van der Waals surface area contributed by atoms with E-state index >= 15 is 0 Å². The highest BCUT2D eigenvalue weighted by Gasteiger charge is 2.19. The first-order valence-electron chi connectivity index (χ1n) is 7.46. The fourth-order valence-corrected chi connectivity index (χ4v) is 3.91. The summed E-state index contributed by atoms with van der Waals surface area (Å²) >= 11 is 0. The Morgan fingerprint density at radius 3 is 2.59 bits per heavy atom. The number of carboxylic acid groups (broad SMARTS) is 1. The molecular formula is C15H22N2O4S. The predicted octanol–water partition coefficient (Wildman–Crippen LogP) is 1.46. The lowest BCUT2D eigenvalue weighted by molar-refractivity contribution is 0.0696. The Morgan fingerprint density at radius 1 is 1.27 bits per heavy atom. The molecule has 0 bridgehead atoms. The molecule has 1 saturated heterocycles. The minimum atomic E-state index is -3.69. The van der Waals surface area contributed by atoms with E-state index in [0.29, 0.717) is 18.7 Å². The number of nitrogens with one attached hydrogen (secondary N) is 1. The van der Waals surface area contributed by atoms with Crippen LogP contribution < -0.4 is 4.72 Å². The first kappa shape index (κ1) is 16.9. The Labute approximate surface area is 131 Å². The lowest BCUT2D eigenvalue weighted by atomic mass is 10.1. The van der Waals surface area contributed by atoms with Gasteiger partial charge in [-0.25, -0.2) is 17.9 Å². The summed E-state index contributed by atoms with van der Waals surface area (Å²) in [6.07, 6.45) is 3.56. The van der Waals surface area contributed by atoms with Crippen LogP contribution in [-0.4, -0.2) is 50.6 Å². The first-order valence-corrected chi connectivity index (χ1v) is 8.94. The third-order valence-corrected chi connectivity index (χ3v) is 5.50. The van der Waals surface area contributed by atoms with Gasteiger partial charge in [-0.3, -0.25) is 0 Å². The van der Waals surface area contributed by atoms with Gasteiger partial charge in [0.05, 0.1) is 10.5 Å². The van der Waals surface area contributed by atoms with Gasteiger partial charge in [0, 0.05) is 13.1 Å². The summed E-state index contributed by atoms with van der Waals surface area (Å²) in [5, 5.41) is 8.99. The molecule has 0 atom stereocenters. The summed E-state index contributed by atoms with van der Waals surface area (Å²) in [5.74, 6) is -1.13. The van der Waals surface area contributed by atoms with Crippen molar-refractivity contribution < 1.29 is 18.3 Å². The van der Waals surface area contributed by atoms with Crippen LogP contribution >= 0.6 is 0 Å². The largest absolute Gasteiger partial charge is 0.478 e. The van der Waals surface area contributed by atoms with Crippen LogP contribution in [0.15, 0.2) is 23.1 Å². The van der Waals surface area contributed by atoms with Crippen molar-refractivity contribution in [3.63, 3.8) is 0 Å². The summed E-state index contributed by atoms with van der Waals surface area (Å²) in [4.78, 5) is 13.3. The molecule has 122 valence electrons. The second-order valence-corrected chi connectivity index (χ2v) is 7.32. The zero-order chi connectivity index (χ0) is 16.2. The molecule has 0 aliphatic carbocycles. The number of hydrogen-bond donors (Lipinski definition) is 2. The number of carboxylic acids is 1. The second kappa shape index (κ2) is 7.21. The van der Waals surface area contributed by atoms with Crippen molar-refractivity contribution in [2.45, 2.75) is 31.1 Å². The molecule has 1 aromatic carbocycles. The maximum Gasteiger partial charge on any atom is 0.335 e. The molecule has 1 heterocycles. The molecule has 0 saturated carbocycles. The highest BCUT2D eigenvalue weighted by molar-refractivity contribution is 7.89. The lowest BCUT2D eigenvalue weighted by Gasteiger charge is -2.26. The fraction of sp³-hybridized carbons (Fsp3) is 0.533. The number of nitrogens with zero attached hydrogens (tertiary/aromatic N) is 1. The number of piperidine rings is 1. The molecule has 0 radical (unpaired) electrons. The van der Waals surface area contributed by atoms with E-state index in [2.05, 4.69) is 9.62 Å². The van der Waals surface area contributed by atoms with Crippen molar-refractivity contribution in [2.24, 2.45) is 0 Å². The standard InChI is InChI=1S/C15H22N2O4S/c1-12-5-6-13(15(18)19)11-14(12)22(20,21)16-7-10-17-8-3-2-4-9-17/h5-6,11,16H,2-4,7-10H2,1H3,(H,18,19). The van der Waals surface area contributed by atoms with E-state index < -0.39 is 16.0 Å². The zero-order valence-electron chi connectivity index (χ0n) is 12.7. The van der Waals surface area contributed by atoms with Crippen LogP contribution in [0.4, 0.5) is 0 Å². The van der Waals surface area contributed by atoms with Crippen LogP contribution in [-0.2, 0) is 10.0 Å². The predicted molar refractivity (Wildman–Crippen MR) is 83.6 cm³/mol. The average Bonchev–Trinajstić information content (AvgIpc) is 2.48. The van der Waals surface area contributed by atoms with Gasteiger partial charge in [0.2, 0.25) is 10.0 Å². The molecule has 1 aromatic rings. The van der Waals surface area contributed by atoms with E-state index in [0.717, 1.165) is 25.9 Å². The Balaban J connectivity index is 2.03. The van der Waals surface area contributed by atoms with E-state index in [1.807, 2.05) is 0 Å². The van der Waals surface area contributed by atoms with Crippen LogP contribution in [0.2, 0.25) is 0 Å². The molecule has 0 unspecified atom stereocenters. The van der Waals surface area contributed by atoms with Crippen molar-refractivity contribution in [3.05, 3.63) is 29.3 Å². The van der Waals surface area contributed by atoms with Gasteiger partial charge in [0.15, 0.2) is 0 Å². The van der Waals surface area contributed by atoms with Crippen LogP contribution in [0.1, 0.15) is 35.2 Å². The van der Waals surface area contributed by atoms with Gasteiger partial charge in [-0.2, -0.15) is 0 Å². The number of benzene rings is 1.